The van der Waals surface area contributed by atoms with Gasteiger partial charge in [0.1, 0.15) is 13.2 Å². The molecule has 0 atom stereocenters. The zero-order valence-electron chi connectivity index (χ0n) is 40.6. The molecular formula is C62H54N2O10. The summed E-state index contributed by atoms with van der Waals surface area (Å²) in [4.78, 5) is 79.2. The van der Waals surface area contributed by atoms with Gasteiger partial charge in [0, 0.05) is 59.3 Å². The molecule has 372 valence electrons. The SMILES string of the molecule is O=C(OCc1ccccc1C(=O)CCc1cccc(CCC(=O)c2ccccc2CO)c1)c1ccc2cc(C(=O)OCc3ccccc3C(=O)NCc3cccc(CNC(=O)c4ccccc4CO)c3)ccc2c1. The smallest absolute Gasteiger partial charge is 0.338 e. The number of hydrogen-bond acceptors (Lipinski definition) is 10. The number of fused-ring (bicyclic) bond motifs is 1. The number of Topliss-reactive ketones (excluding diaryl/α,β-unsaturated/α-hetero) is 2. The van der Waals surface area contributed by atoms with Gasteiger partial charge in [-0.3, -0.25) is 19.2 Å². The molecule has 0 aliphatic rings. The molecule has 0 spiro atoms. The lowest BCUT2D eigenvalue weighted by atomic mass is 9.96. The summed E-state index contributed by atoms with van der Waals surface area (Å²) in [5, 5.41) is 26.4. The Kier molecular flexibility index (Phi) is 17.4. The van der Waals surface area contributed by atoms with Crippen molar-refractivity contribution in [3.63, 3.8) is 0 Å². The van der Waals surface area contributed by atoms with E-state index in [9.17, 15) is 39.0 Å². The summed E-state index contributed by atoms with van der Waals surface area (Å²) in [5.41, 5.74) is 8.17. The average Bonchev–Trinajstić information content (AvgIpc) is 3.45. The first kappa shape index (κ1) is 51.5. The largest absolute Gasteiger partial charge is 0.457 e. The molecule has 0 aromatic heterocycles. The predicted octanol–water partition coefficient (Wildman–Crippen LogP) is 10.0. The second-order valence-corrected chi connectivity index (χ2v) is 17.7. The van der Waals surface area contributed by atoms with Crippen molar-refractivity contribution in [1.29, 1.82) is 0 Å². The molecule has 12 heteroatoms. The monoisotopic (exact) mass is 986 g/mol. The van der Waals surface area contributed by atoms with Crippen molar-refractivity contribution in [3.8, 4) is 0 Å². The van der Waals surface area contributed by atoms with E-state index in [1.165, 1.54) is 0 Å². The van der Waals surface area contributed by atoms with Crippen molar-refractivity contribution in [2.75, 3.05) is 0 Å². The molecule has 0 aliphatic carbocycles. The second-order valence-electron chi connectivity index (χ2n) is 17.7. The lowest BCUT2D eigenvalue weighted by Gasteiger charge is -2.12. The molecule has 4 N–H and O–H groups in total. The Morgan fingerprint density at radius 1 is 0.378 bits per heavy atom. The van der Waals surface area contributed by atoms with E-state index in [4.69, 9.17) is 9.47 Å². The quantitative estimate of drug-likeness (QED) is 0.0376. The molecule has 0 saturated heterocycles. The van der Waals surface area contributed by atoms with Crippen LogP contribution in [0.2, 0.25) is 0 Å². The highest BCUT2D eigenvalue weighted by molar-refractivity contribution is 6.01. The highest BCUT2D eigenvalue weighted by Crippen LogP contribution is 2.23. The summed E-state index contributed by atoms with van der Waals surface area (Å²) in [7, 11) is 0. The number of ether oxygens (including phenoxy) is 2. The lowest BCUT2D eigenvalue weighted by Crippen LogP contribution is -2.25. The Morgan fingerprint density at radius 3 is 1.22 bits per heavy atom. The second kappa shape index (κ2) is 25.0. The fourth-order valence-corrected chi connectivity index (χ4v) is 8.68. The van der Waals surface area contributed by atoms with Gasteiger partial charge in [0.25, 0.3) is 11.8 Å². The number of esters is 2. The van der Waals surface area contributed by atoms with E-state index in [1.807, 2.05) is 48.5 Å². The highest BCUT2D eigenvalue weighted by Gasteiger charge is 2.18. The molecule has 8 rings (SSSR count). The lowest BCUT2D eigenvalue weighted by molar-refractivity contribution is 0.0462. The number of carbonyl (C=O) groups excluding carboxylic acids is 6. The summed E-state index contributed by atoms with van der Waals surface area (Å²) in [5.74, 6) is -1.95. The minimum atomic E-state index is -0.596. The maximum atomic E-state index is 13.5. The average molecular weight is 987 g/mol. The van der Waals surface area contributed by atoms with Gasteiger partial charge in [0.05, 0.1) is 24.3 Å². The summed E-state index contributed by atoms with van der Waals surface area (Å²) in [6.45, 7) is -0.247. The van der Waals surface area contributed by atoms with Gasteiger partial charge >= 0.3 is 11.9 Å². The van der Waals surface area contributed by atoms with Crippen molar-refractivity contribution >= 4 is 46.1 Å². The number of hydrogen-bond donors (Lipinski definition) is 4. The highest BCUT2D eigenvalue weighted by atomic mass is 16.5. The standard InChI is InChI=1S/C62H54N2O10/c65-37-49-15-1-5-19-53(49)57(67)29-23-41-11-9-12-42(31-41)24-30-58(68)54-20-6-3-17-51(54)39-73-61(71)47-27-25-46-34-48(28-26-45(46)33-47)62(72)74-40-52-18-4-8-22-56(52)60(70)64-36-44-14-10-13-43(32-44)35-63-59(69)55-21-7-2-16-50(55)38-66/h1-22,25-28,31-34,65-66H,23-24,29-30,35-40H2,(H,63,69)(H,64,70). The zero-order chi connectivity index (χ0) is 51.8. The summed E-state index contributed by atoms with van der Waals surface area (Å²) in [6.07, 6.45) is 1.54. The Bertz CT molecular complexity index is 3140. The number of aryl methyl sites for hydroxylation is 2. The molecule has 0 unspecified atom stereocenters. The molecule has 0 fully saturated rings. The third kappa shape index (κ3) is 13.4. The normalized spacial score (nSPS) is 10.9. The molecule has 8 aromatic carbocycles. The fraction of sp³-hybridized carbons (Fsp3) is 0.161. The molecule has 0 aliphatic heterocycles. The van der Waals surface area contributed by atoms with Crippen LogP contribution in [0.4, 0.5) is 0 Å². The van der Waals surface area contributed by atoms with E-state index in [2.05, 4.69) is 10.6 Å². The van der Waals surface area contributed by atoms with E-state index in [-0.39, 0.29) is 74.9 Å². The van der Waals surface area contributed by atoms with Crippen molar-refractivity contribution in [1.82, 2.24) is 10.6 Å². The van der Waals surface area contributed by atoms with Crippen molar-refractivity contribution in [3.05, 3.63) is 260 Å². The van der Waals surface area contributed by atoms with E-state index >= 15 is 0 Å². The number of carbonyl (C=O) groups is 6. The number of amides is 2. The first-order valence-electron chi connectivity index (χ1n) is 24.3. The van der Waals surface area contributed by atoms with Crippen LogP contribution in [0.25, 0.3) is 10.8 Å². The molecule has 8 aromatic rings. The van der Waals surface area contributed by atoms with Crippen LogP contribution in [0.15, 0.2) is 182 Å². The van der Waals surface area contributed by atoms with Gasteiger partial charge in [0.2, 0.25) is 0 Å². The summed E-state index contributed by atoms with van der Waals surface area (Å²) >= 11 is 0. The van der Waals surface area contributed by atoms with Crippen LogP contribution in [0.1, 0.15) is 119 Å². The van der Waals surface area contributed by atoms with Gasteiger partial charge in [-0.15, -0.1) is 0 Å². The van der Waals surface area contributed by atoms with Crippen LogP contribution in [-0.2, 0) is 61.8 Å². The Morgan fingerprint density at radius 2 is 0.743 bits per heavy atom. The minimum absolute atomic E-state index is 0.0358. The Hall–Kier alpha value is -8.84. The molecule has 0 radical (unpaired) electrons. The first-order chi connectivity index (χ1) is 36.1. The molecule has 12 nitrogen and oxygen atoms in total. The van der Waals surface area contributed by atoms with Crippen molar-refractivity contribution in [2.45, 2.75) is 65.2 Å². The van der Waals surface area contributed by atoms with Crippen molar-refractivity contribution in [2.24, 2.45) is 0 Å². The molecule has 0 heterocycles. The number of rotatable bonds is 22. The molecular weight excluding hydrogens is 933 g/mol. The van der Waals surface area contributed by atoms with E-state index in [0.29, 0.717) is 80.1 Å². The van der Waals surface area contributed by atoms with Crippen LogP contribution < -0.4 is 10.6 Å². The Balaban J connectivity index is 0.807. The molecule has 2 amide bonds. The van der Waals surface area contributed by atoms with Crippen molar-refractivity contribution < 1.29 is 48.5 Å². The molecule has 0 bridgehead atoms. The number of benzene rings is 8. The predicted molar refractivity (Wildman–Crippen MR) is 280 cm³/mol. The van der Waals surface area contributed by atoms with E-state index in [1.54, 1.807) is 133 Å². The molecule has 74 heavy (non-hydrogen) atoms. The first-order valence-corrected chi connectivity index (χ1v) is 24.3. The third-order valence-electron chi connectivity index (χ3n) is 12.7. The van der Waals surface area contributed by atoms with Crippen LogP contribution in [0.5, 0.6) is 0 Å². The topological polar surface area (TPSA) is 185 Å². The van der Waals surface area contributed by atoms with Gasteiger partial charge in [-0.2, -0.15) is 0 Å². The van der Waals surface area contributed by atoms with Crippen LogP contribution in [-0.4, -0.2) is 45.5 Å². The number of ketones is 2. The van der Waals surface area contributed by atoms with Gasteiger partial charge in [-0.1, -0.05) is 146 Å². The van der Waals surface area contributed by atoms with Gasteiger partial charge < -0.3 is 30.3 Å². The van der Waals surface area contributed by atoms with Gasteiger partial charge in [-0.25, -0.2) is 9.59 Å². The third-order valence-corrected chi connectivity index (χ3v) is 12.7. The Labute approximate surface area is 428 Å². The number of aliphatic hydroxyl groups is 2. The van der Waals surface area contributed by atoms with E-state index in [0.717, 1.165) is 22.3 Å². The fourth-order valence-electron chi connectivity index (χ4n) is 8.68. The maximum absolute atomic E-state index is 13.5. The maximum Gasteiger partial charge on any atom is 0.338 e. The molecule has 0 saturated carbocycles. The van der Waals surface area contributed by atoms with Gasteiger partial charge in [-0.05, 0) is 93.4 Å². The minimum Gasteiger partial charge on any atom is -0.457 e. The number of nitrogens with one attached hydrogen (secondary N) is 2. The van der Waals surface area contributed by atoms with Crippen LogP contribution in [0, 0.1) is 0 Å². The van der Waals surface area contributed by atoms with E-state index < -0.39 is 11.9 Å². The van der Waals surface area contributed by atoms with Gasteiger partial charge in [0.15, 0.2) is 11.6 Å². The van der Waals surface area contributed by atoms with Crippen LogP contribution in [0.3, 0.4) is 0 Å². The summed E-state index contributed by atoms with van der Waals surface area (Å²) < 4.78 is 11.4. The van der Waals surface area contributed by atoms with Crippen LogP contribution >= 0.6 is 0 Å². The number of aliphatic hydroxyl groups excluding tert-OH is 2. The summed E-state index contributed by atoms with van der Waals surface area (Å²) in [6, 6.07) is 53.1. The zero-order valence-corrected chi connectivity index (χ0v) is 40.6.